The fraction of sp³-hybridized carbons (Fsp3) is 0.706. The summed E-state index contributed by atoms with van der Waals surface area (Å²) < 4.78 is 5.34. The molecule has 3 atom stereocenters. The first kappa shape index (κ1) is 21.1. The smallest absolute Gasteiger partial charge is 0.303 e. The molecule has 0 spiro atoms. The van der Waals surface area contributed by atoms with Crippen molar-refractivity contribution < 1.29 is 19.1 Å². The van der Waals surface area contributed by atoms with Crippen molar-refractivity contribution in [3.05, 3.63) is 12.2 Å². The van der Waals surface area contributed by atoms with Gasteiger partial charge in [0.2, 0.25) is 11.8 Å². The van der Waals surface area contributed by atoms with Gasteiger partial charge in [-0.25, -0.2) is 0 Å². The molecule has 0 aliphatic heterocycles. The molecule has 2 N–H and O–H groups in total. The van der Waals surface area contributed by atoms with E-state index in [4.69, 9.17) is 10.5 Å². The van der Waals surface area contributed by atoms with Gasteiger partial charge in [-0.1, -0.05) is 32.9 Å². The predicted molar refractivity (Wildman–Crippen MR) is 89.4 cm³/mol. The molecule has 0 aliphatic rings. The molecule has 6 nitrogen and oxygen atoms in total. The Morgan fingerprint density at radius 1 is 1.22 bits per heavy atom. The van der Waals surface area contributed by atoms with E-state index < -0.39 is 24.0 Å². The molecule has 132 valence electrons. The van der Waals surface area contributed by atoms with Crippen molar-refractivity contribution in [1.82, 2.24) is 4.90 Å². The molecule has 0 aromatic heterocycles. The molecule has 6 heteroatoms. The second-order valence-electron chi connectivity index (χ2n) is 6.31. The summed E-state index contributed by atoms with van der Waals surface area (Å²) in [4.78, 5) is 37.0. The third kappa shape index (κ3) is 7.30. The Balaban J connectivity index is 5.46. The van der Waals surface area contributed by atoms with Crippen LogP contribution in [-0.4, -0.2) is 41.9 Å². The molecule has 0 saturated carbocycles. The first-order chi connectivity index (χ1) is 10.6. The molecule has 0 aromatic rings. The number of rotatable bonds is 9. The van der Waals surface area contributed by atoms with E-state index in [-0.39, 0.29) is 17.7 Å². The Bertz CT molecular complexity index is 446. The van der Waals surface area contributed by atoms with Crippen LogP contribution in [-0.2, 0) is 19.1 Å². The number of amides is 2. The minimum absolute atomic E-state index is 0.151. The van der Waals surface area contributed by atoms with Crippen LogP contribution in [0.25, 0.3) is 0 Å². The Morgan fingerprint density at radius 3 is 2.17 bits per heavy atom. The second kappa shape index (κ2) is 10.0. The van der Waals surface area contributed by atoms with Crippen molar-refractivity contribution in [3.63, 3.8) is 0 Å². The van der Waals surface area contributed by atoms with Crippen molar-refractivity contribution in [3.8, 4) is 0 Å². The van der Waals surface area contributed by atoms with Crippen LogP contribution in [0.3, 0.4) is 0 Å². The number of carbonyl (C=O) groups is 3. The maximum absolute atomic E-state index is 12.3. The van der Waals surface area contributed by atoms with E-state index in [9.17, 15) is 14.4 Å². The Morgan fingerprint density at radius 2 is 1.78 bits per heavy atom. The molecule has 0 radical (unpaired) electrons. The molecule has 0 saturated heterocycles. The van der Waals surface area contributed by atoms with E-state index in [2.05, 4.69) is 0 Å². The largest absolute Gasteiger partial charge is 0.459 e. The lowest BCUT2D eigenvalue weighted by atomic mass is 9.92. The van der Waals surface area contributed by atoms with E-state index in [0.717, 1.165) is 0 Å². The molecule has 0 fully saturated rings. The number of ether oxygens (including phenoxy) is 1. The summed E-state index contributed by atoms with van der Waals surface area (Å²) in [6, 6.07) is -0.981. The van der Waals surface area contributed by atoms with Gasteiger partial charge in [-0.2, -0.15) is 0 Å². The molecule has 0 bridgehead atoms. The normalized spacial score (nSPS) is 15.3. The zero-order valence-electron chi connectivity index (χ0n) is 15.0. The lowest BCUT2D eigenvalue weighted by Crippen LogP contribution is -2.55. The first-order valence-electron chi connectivity index (χ1n) is 7.95. The highest BCUT2D eigenvalue weighted by atomic mass is 16.5. The monoisotopic (exact) mass is 326 g/mol. The quantitative estimate of drug-likeness (QED) is 0.517. The molecule has 0 aliphatic carbocycles. The van der Waals surface area contributed by atoms with Gasteiger partial charge in [0.1, 0.15) is 12.1 Å². The van der Waals surface area contributed by atoms with Crippen LogP contribution in [0, 0.1) is 11.8 Å². The van der Waals surface area contributed by atoms with Gasteiger partial charge in [0, 0.05) is 20.4 Å². The summed E-state index contributed by atoms with van der Waals surface area (Å²) >= 11 is 0. The van der Waals surface area contributed by atoms with Crippen LogP contribution >= 0.6 is 0 Å². The van der Waals surface area contributed by atoms with Crippen molar-refractivity contribution in [2.75, 3.05) is 7.05 Å². The summed E-state index contributed by atoms with van der Waals surface area (Å²) in [5.41, 5.74) is 5.51. The minimum atomic E-state index is -0.981. The number of esters is 1. The highest BCUT2D eigenvalue weighted by Crippen LogP contribution is 2.21. The maximum atomic E-state index is 12.3. The van der Waals surface area contributed by atoms with E-state index >= 15 is 0 Å². The molecule has 0 heterocycles. The lowest BCUT2D eigenvalue weighted by Gasteiger charge is -2.35. The van der Waals surface area contributed by atoms with Gasteiger partial charge >= 0.3 is 5.97 Å². The van der Waals surface area contributed by atoms with E-state index in [1.54, 1.807) is 0 Å². The summed E-state index contributed by atoms with van der Waals surface area (Å²) in [6.07, 6.45) is 3.95. The molecule has 0 unspecified atom stereocenters. The number of allylic oxidation sites excluding steroid dienone is 2. The number of likely N-dealkylation sites (N-methyl/N-ethyl adjacent to an activating group) is 1. The van der Waals surface area contributed by atoms with Crippen molar-refractivity contribution in [1.29, 1.82) is 0 Å². The van der Waals surface area contributed by atoms with E-state index in [0.29, 0.717) is 12.8 Å². The Kier molecular flexibility index (Phi) is 9.22. The third-order valence-electron chi connectivity index (χ3n) is 3.60. The fourth-order valence-electron chi connectivity index (χ4n) is 2.39. The number of hydrogen-bond donors (Lipinski definition) is 1. The number of hydrogen-bond acceptors (Lipinski definition) is 4. The van der Waals surface area contributed by atoms with Gasteiger partial charge in [-0.15, -0.1) is 0 Å². The van der Waals surface area contributed by atoms with Crippen molar-refractivity contribution in [2.45, 2.75) is 59.6 Å². The van der Waals surface area contributed by atoms with Crippen LogP contribution in [0.15, 0.2) is 12.2 Å². The number of nitrogens with two attached hydrogens (primary N) is 1. The fourth-order valence-corrected chi connectivity index (χ4v) is 2.39. The summed E-state index contributed by atoms with van der Waals surface area (Å²) in [6.45, 7) is 8.87. The molecule has 0 aromatic carbocycles. The van der Waals surface area contributed by atoms with Crippen LogP contribution in [0.1, 0.15) is 47.5 Å². The average molecular weight is 326 g/mol. The summed E-state index contributed by atoms with van der Waals surface area (Å²) in [5, 5.41) is 0. The summed E-state index contributed by atoms with van der Waals surface area (Å²) in [5.74, 6) is -1.37. The first-order valence-corrected chi connectivity index (χ1v) is 7.95. The van der Waals surface area contributed by atoms with Crippen molar-refractivity contribution >= 4 is 17.8 Å². The zero-order chi connectivity index (χ0) is 18.2. The Hall–Kier alpha value is -1.85. The lowest BCUT2D eigenvalue weighted by molar-refractivity contribution is -0.159. The SMILES string of the molecule is C/C=C/C[C@@H](C)[C@@H](OC(C)=O)[C@@H](C(N)=O)N(C)C(=O)CC(C)C. The summed E-state index contributed by atoms with van der Waals surface area (Å²) in [7, 11) is 1.53. The van der Waals surface area contributed by atoms with Crippen molar-refractivity contribution in [2.24, 2.45) is 17.6 Å². The topological polar surface area (TPSA) is 89.7 Å². The highest BCUT2D eigenvalue weighted by Gasteiger charge is 2.38. The van der Waals surface area contributed by atoms with Gasteiger partial charge in [0.25, 0.3) is 0 Å². The van der Waals surface area contributed by atoms with E-state index in [1.165, 1.54) is 18.9 Å². The average Bonchev–Trinajstić information content (AvgIpc) is 2.42. The van der Waals surface area contributed by atoms with E-state index in [1.807, 2.05) is 39.8 Å². The number of nitrogens with zero attached hydrogens (tertiary/aromatic N) is 1. The van der Waals surface area contributed by atoms with Gasteiger partial charge in [0.15, 0.2) is 0 Å². The molecular formula is C17H30N2O4. The standard InChI is InChI=1S/C17H30N2O4/c1-7-8-9-12(4)16(23-13(5)20)15(17(18)22)19(6)14(21)10-11(2)3/h7-8,11-12,15-16H,9-10H2,1-6H3,(H2,18,22)/b8-7+/t12-,15+,16-/m1/s1. The molecule has 23 heavy (non-hydrogen) atoms. The second-order valence-corrected chi connectivity index (χ2v) is 6.31. The number of carbonyl (C=O) groups excluding carboxylic acids is 3. The third-order valence-corrected chi connectivity index (χ3v) is 3.60. The molecule has 0 rings (SSSR count). The predicted octanol–water partition coefficient (Wildman–Crippen LogP) is 1.88. The van der Waals surface area contributed by atoms with Crippen LogP contribution < -0.4 is 5.73 Å². The maximum Gasteiger partial charge on any atom is 0.303 e. The molecular weight excluding hydrogens is 296 g/mol. The van der Waals surface area contributed by atoms with Crippen LogP contribution in [0.5, 0.6) is 0 Å². The zero-order valence-corrected chi connectivity index (χ0v) is 15.0. The molecule has 2 amide bonds. The van der Waals surface area contributed by atoms with Gasteiger partial charge in [-0.05, 0) is 25.2 Å². The number of primary amides is 1. The highest BCUT2D eigenvalue weighted by molar-refractivity contribution is 5.87. The van der Waals surface area contributed by atoms with Gasteiger partial charge in [-0.3, -0.25) is 14.4 Å². The van der Waals surface area contributed by atoms with Crippen LogP contribution in [0.4, 0.5) is 0 Å². The van der Waals surface area contributed by atoms with Gasteiger partial charge < -0.3 is 15.4 Å². The van der Waals surface area contributed by atoms with Gasteiger partial charge in [0.05, 0.1) is 0 Å². The van der Waals surface area contributed by atoms with Crippen LogP contribution in [0.2, 0.25) is 0 Å². The Labute approximate surface area is 139 Å². The minimum Gasteiger partial charge on any atom is -0.459 e.